The zero-order chi connectivity index (χ0) is 18.1. The highest BCUT2D eigenvalue weighted by Gasteiger charge is 2.52. The minimum atomic E-state index is -0.433. The van der Waals surface area contributed by atoms with Crippen LogP contribution >= 0.6 is 0 Å². The van der Waals surface area contributed by atoms with Crippen LogP contribution < -0.4 is 4.74 Å². The minimum Gasteiger partial charge on any atom is -0.497 e. The van der Waals surface area contributed by atoms with Crippen molar-refractivity contribution in [2.75, 3.05) is 7.11 Å². The second-order valence-corrected chi connectivity index (χ2v) is 7.33. The van der Waals surface area contributed by atoms with Crippen LogP contribution in [0, 0.1) is 0 Å². The normalized spacial score (nSPS) is 19.1. The maximum absolute atomic E-state index is 6.30. The van der Waals surface area contributed by atoms with Crippen LogP contribution in [0.3, 0.4) is 0 Å². The largest absolute Gasteiger partial charge is 0.497 e. The smallest absolute Gasteiger partial charge is 0.495 e. The van der Waals surface area contributed by atoms with Crippen molar-refractivity contribution in [2.45, 2.75) is 38.9 Å². The maximum Gasteiger partial charge on any atom is 0.495 e. The predicted octanol–water partition coefficient (Wildman–Crippen LogP) is 4.87. The van der Waals surface area contributed by atoms with Crippen molar-refractivity contribution in [1.29, 1.82) is 0 Å². The van der Waals surface area contributed by atoms with E-state index >= 15 is 0 Å². The number of methoxy groups -OCH3 is 1. The van der Waals surface area contributed by atoms with Crippen molar-refractivity contribution in [3.05, 3.63) is 65.7 Å². The molecule has 0 N–H and O–H groups in total. The second-order valence-electron chi connectivity index (χ2n) is 7.33. The van der Waals surface area contributed by atoms with E-state index in [1.54, 1.807) is 7.11 Å². The number of hydrogen-bond donors (Lipinski definition) is 0. The molecule has 4 heteroatoms. The van der Waals surface area contributed by atoms with Gasteiger partial charge in [-0.15, -0.1) is 0 Å². The van der Waals surface area contributed by atoms with Crippen LogP contribution in [0.2, 0.25) is 0 Å². The Morgan fingerprint density at radius 1 is 0.920 bits per heavy atom. The van der Waals surface area contributed by atoms with Crippen molar-refractivity contribution in [1.82, 2.24) is 0 Å². The summed E-state index contributed by atoms with van der Waals surface area (Å²) < 4.78 is 18.0. The van der Waals surface area contributed by atoms with Gasteiger partial charge < -0.3 is 14.0 Å². The molecule has 25 heavy (non-hydrogen) atoms. The highest BCUT2D eigenvalue weighted by atomic mass is 16.7. The molecular formula is C21H25BO3. The Bertz CT molecular complexity index is 750. The van der Waals surface area contributed by atoms with E-state index in [0.29, 0.717) is 0 Å². The zero-order valence-electron chi connectivity index (χ0n) is 15.6. The van der Waals surface area contributed by atoms with Gasteiger partial charge in [0.1, 0.15) is 5.75 Å². The molecule has 2 aromatic carbocycles. The first-order chi connectivity index (χ1) is 11.8. The van der Waals surface area contributed by atoms with E-state index in [1.165, 1.54) is 0 Å². The molecule has 0 aliphatic carbocycles. The summed E-state index contributed by atoms with van der Waals surface area (Å²) in [6.07, 6.45) is 2.12. The summed E-state index contributed by atoms with van der Waals surface area (Å²) in [6.45, 7) is 8.27. The van der Waals surface area contributed by atoms with Crippen LogP contribution in [-0.4, -0.2) is 25.4 Å². The van der Waals surface area contributed by atoms with Crippen LogP contribution in [-0.2, 0) is 9.31 Å². The number of hydrogen-bond acceptors (Lipinski definition) is 3. The van der Waals surface area contributed by atoms with Gasteiger partial charge in [0.2, 0.25) is 0 Å². The molecule has 1 fully saturated rings. The van der Waals surface area contributed by atoms with E-state index in [-0.39, 0.29) is 11.2 Å². The average molecular weight is 336 g/mol. The second kappa shape index (κ2) is 6.70. The molecule has 0 unspecified atom stereocenters. The van der Waals surface area contributed by atoms with E-state index in [9.17, 15) is 0 Å². The van der Waals surface area contributed by atoms with E-state index in [4.69, 9.17) is 14.0 Å². The van der Waals surface area contributed by atoms with Crippen LogP contribution in [0.5, 0.6) is 5.75 Å². The molecule has 0 bridgehead atoms. The third-order valence-electron chi connectivity index (χ3n) is 5.03. The summed E-state index contributed by atoms with van der Waals surface area (Å²) >= 11 is 0. The van der Waals surface area contributed by atoms with E-state index in [1.807, 2.05) is 36.4 Å². The quantitative estimate of drug-likeness (QED) is 0.589. The van der Waals surface area contributed by atoms with Crippen molar-refractivity contribution < 1.29 is 14.0 Å². The van der Waals surface area contributed by atoms with Crippen LogP contribution in [0.25, 0.3) is 11.5 Å². The standard InChI is InChI=1S/C21H25BO3/c1-20(2)21(3,4)25-22(24-20)19(14-16-10-7-6-8-11-16)17-12-9-13-18(15-17)23-5/h6-15H,1-5H3/b19-14+. The fourth-order valence-corrected chi connectivity index (χ4v) is 2.79. The Morgan fingerprint density at radius 2 is 1.56 bits per heavy atom. The molecule has 1 aliphatic heterocycles. The molecule has 0 aromatic heterocycles. The lowest BCUT2D eigenvalue weighted by Crippen LogP contribution is -2.41. The Morgan fingerprint density at radius 3 is 2.16 bits per heavy atom. The third kappa shape index (κ3) is 3.65. The van der Waals surface area contributed by atoms with Crippen molar-refractivity contribution in [2.24, 2.45) is 0 Å². The lowest BCUT2D eigenvalue weighted by Gasteiger charge is -2.32. The molecular weight excluding hydrogens is 311 g/mol. The molecule has 3 nitrogen and oxygen atoms in total. The number of benzene rings is 2. The molecule has 1 saturated heterocycles. The first-order valence-electron chi connectivity index (χ1n) is 8.59. The topological polar surface area (TPSA) is 27.7 Å². The summed E-state index contributed by atoms with van der Waals surface area (Å²) in [7, 11) is 1.24. The molecule has 1 aliphatic rings. The molecule has 0 saturated carbocycles. The molecule has 2 aromatic rings. The van der Waals surface area contributed by atoms with E-state index in [0.717, 1.165) is 22.3 Å². The average Bonchev–Trinajstić information content (AvgIpc) is 2.81. The SMILES string of the molecule is COc1cccc(/C(=C\c2ccccc2)B2OC(C)(C)C(C)(C)O2)c1. The Kier molecular flexibility index (Phi) is 4.76. The lowest BCUT2D eigenvalue weighted by atomic mass is 9.73. The summed E-state index contributed by atoms with van der Waals surface area (Å²) in [5.41, 5.74) is 2.36. The van der Waals surface area contributed by atoms with Gasteiger partial charge in [-0.05, 0) is 56.4 Å². The third-order valence-corrected chi connectivity index (χ3v) is 5.03. The Labute approximate surface area is 150 Å². The lowest BCUT2D eigenvalue weighted by molar-refractivity contribution is 0.00578. The molecule has 0 atom stereocenters. The van der Waals surface area contributed by atoms with E-state index < -0.39 is 7.12 Å². The summed E-state index contributed by atoms with van der Waals surface area (Å²) in [5, 5.41) is 0. The monoisotopic (exact) mass is 336 g/mol. The van der Waals surface area contributed by atoms with Gasteiger partial charge in [0.25, 0.3) is 0 Å². The molecule has 3 rings (SSSR count). The van der Waals surface area contributed by atoms with Gasteiger partial charge in [0.15, 0.2) is 0 Å². The molecule has 0 spiro atoms. The van der Waals surface area contributed by atoms with Gasteiger partial charge in [0, 0.05) is 0 Å². The first-order valence-corrected chi connectivity index (χ1v) is 8.59. The van der Waals surface area contributed by atoms with Crippen molar-refractivity contribution >= 4 is 18.7 Å². The highest BCUT2D eigenvalue weighted by molar-refractivity contribution is 6.70. The van der Waals surface area contributed by atoms with Crippen molar-refractivity contribution in [3.8, 4) is 5.75 Å². The van der Waals surface area contributed by atoms with Crippen LogP contribution in [0.15, 0.2) is 54.6 Å². The van der Waals surface area contributed by atoms with Gasteiger partial charge in [-0.2, -0.15) is 0 Å². The minimum absolute atomic E-state index is 0.383. The first kappa shape index (κ1) is 17.8. The van der Waals surface area contributed by atoms with Gasteiger partial charge in [-0.1, -0.05) is 48.5 Å². The Balaban J connectivity index is 2.06. The highest BCUT2D eigenvalue weighted by Crippen LogP contribution is 2.41. The van der Waals surface area contributed by atoms with Gasteiger partial charge in [-0.3, -0.25) is 0 Å². The maximum atomic E-state index is 6.30. The number of ether oxygens (including phenoxy) is 1. The fourth-order valence-electron chi connectivity index (χ4n) is 2.79. The molecule has 0 radical (unpaired) electrons. The van der Waals surface area contributed by atoms with E-state index in [2.05, 4.69) is 52.0 Å². The summed E-state index contributed by atoms with van der Waals surface area (Å²) in [4.78, 5) is 0. The zero-order valence-corrected chi connectivity index (χ0v) is 15.6. The predicted molar refractivity (Wildman–Crippen MR) is 103 cm³/mol. The molecule has 130 valence electrons. The van der Waals surface area contributed by atoms with Crippen LogP contribution in [0.4, 0.5) is 0 Å². The molecule has 1 heterocycles. The van der Waals surface area contributed by atoms with Crippen LogP contribution in [0.1, 0.15) is 38.8 Å². The summed E-state index contributed by atoms with van der Waals surface area (Å²) in [5.74, 6) is 0.813. The molecule has 0 amide bonds. The van der Waals surface area contributed by atoms with Gasteiger partial charge in [0.05, 0.1) is 18.3 Å². The fraction of sp³-hybridized carbons (Fsp3) is 0.333. The van der Waals surface area contributed by atoms with Gasteiger partial charge >= 0.3 is 7.12 Å². The van der Waals surface area contributed by atoms with Gasteiger partial charge in [-0.25, -0.2) is 0 Å². The Hall–Kier alpha value is -2.04. The van der Waals surface area contributed by atoms with Crippen molar-refractivity contribution in [3.63, 3.8) is 0 Å². The number of rotatable bonds is 4. The summed E-state index contributed by atoms with van der Waals surface area (Å²) in [6, 6.07) is 18.2.